The van der Waals surface area contributed by atoms with Crippen LogP contribution in [0.1, 0.15) is 16.7 Å². The third-order valence-corrected chi connectivity index (χ3v) is 6.28. The lowest BCUT2D eigenvalue weighted by Gasteiger charge is -2.19. The highest BCUT2D eigenvalue weighted by molar-refractivity contribution is 9.10. The number of furan rings is 1. The number of hydrogen-bond acceptors (Lipinski definition) is 4. The van der Waals surface area contributed by atoms with Gasteiger partial charge in [0.1, 0.15) is 0 Å². The van der Waals surface area contributed by atoms with Crippen molar-refractivity contribution < 1.29 is 17.9 Å². The molecule has 1 aromatic heterocycles. The number of aliphatic hydroxyl groups is 1. The molecule has 0 amide bonds. The van der Waals surface area contributed by atoms with E-state index in [1.165, 1.54) is 29.9 Å². The van der Waals surface area contributed by atoms with Gasteiger partial charge in [-0.3, -0.25) is 0 Å². The molecule has 0 bridgehead atoms. The molecule has 0 atom stereocenters. The maximum absolute atomic E-state index is 12.7. The van der Waals surface area contributed by atoms with E-state index < -0.39 is 10.0 Å². The fraction of sp³-hybridized carbons (Fsp3) is 0.286. The monoisotopic (exact) mass is 373 g/mol. The van der Waals surface area contributed by atoms with Gasteiger partial charge in [0.25, 0.3) is 0 Å². The summed E-state index contributed by atoms with van der Waals surface area (Å²) in [4.78, 5) is 0.151. The summed E-state index contributed by atoms with van der Waals surface area (Å²) in [5, 5.41) is 9.25. The van der Waals surface area contributed by atoms with E-state index in [2.05, 4.69) is 15.9 Å². The SMILES string of the molecule is Cc1cc(CO)cc(S(=O)(=O)N(C)Cc2ccoc2)c1Br. The summed E-state index contributed by atoms with van der Waals surface area (Å²) in [6.07, 6.45) is 3.01. The first-order chi connectivity index (χ1) is 9.86. The lowest BCUT2D eigenvalue weighted by Crippen LogP contribution is -2.27. The molecule has 0 radical (unpaired) electrons. The molecule has 0 saturated heterocycles. The Labute approximate surface area is 132 Å². The average Bonchev–Trinajstić information content (AvgIpc) is 2.94. The van der Waals surface area contributed by atoms with E-state index in [1.54, 1.807) is 19.1 Å². The number of sulfonamides is 1. The van der Waals surface area contributed by atoms with E-state index in [1.807, 2.05) is 0 Å². The van der Waals surface area contributed by atoms with Crippen LogP contribution in [-0.2, 0) is 23.2 Å². The van der Waals surface area contributed by atoms with Gasteiger partial charge in [-0.1, -0.05) is 6.07 Å². The van der Waals surface area contributed by atoms with Crippen molar-refractivity contribution in [1.82, 2.24) is 4.31 Å². The number of hydrogen-bond donors (Lipinski definition) is 1. The molecule has 114 valence electrons. The van der Waals surface area contributed by atoms with Crippen LogP contribution in [0.2, 0.25) is 0 Å². The first-order valence-corrected chi connectivity index (χ1v) is 8.47. The van der Waals surface area contributed by atoms with Crippen LogP contribution in [0.4, 0.5) is 0 Å². The Bertz CT molecular complexity index is 726. The van der Waals surface area contributed by atoms with Crippen LogP contribution in [0.15, 0.2) is 44.5 Å². The van der Waals surface area contributed by atoms with Crippen LogP contribution in [0, 0.1) is 6.92 Å². The highest BCUT2D eigenvalue weighted by Gasteiger charge is 2.25. The molecule has 1 aromatic carbocycles. The van der Waals surface area contributed by atoms with Crippen molar-refractivity contribution in [3.05, 3.63) is 51.9 Å². The lowest BCUT2D eigenvalue weighted by molar-refractivity contribution is 0.281. The van der Waals surface area contributed by atoms with Crippen molar-refractivity contribution >= 4 is 26.0 Å². The van der Waals surface area contributed by atoms with E-state index in [9.17, 15) is 13.5 Å². The minimum atomic E-state index is -3.67. The van der Waals surface area contributed by atoms with Crippen molar-refractivity contribution in [2.75, 3.05) is 7.05 Å². The second kappa shape index (κ2) is 6.31. The van der Waals surface area contributed by atoms with E-state index in [0.717, 1.165) is 11.1 Å². The second-order valence-electron chi connectivity index (χ2n) is 4.78. The van der Waals surface area contributed by atoms with Crippen LogP contribution in [0.3, 0.4) is 0 Å². The van der Waals surface area contributed by atoms with Gasteiger partial charge in [0.15, 0.2) is 0 Å². The normalized spacial score (nSPS) is 12.0. The Balaban J connectivity index is 2.41. The summed E-state index contributed by atoms with van der Waals surface area (Å²) in [5.41, 5.74) is 2.09. The Morgan fingerprint density at radius 3 is 2.62 bits per heavy atom. The molecule has 0 aliphatic heterocycles. The van der Waals surface area contributed by atoms with Gasteiger partial charge in [-0.15, -0.1) is 0 Å². The van der Waals surface area contributed by atoms with Crippen molar-refractivity contribution in [2.24, 2.45) is 0 Å². The van der Waals surface area contributed by atoms with Gasteiger partial charge >= 0.3 is 0 Å². The maximum Gasteiger partial charge on any atom is 0.244 e. The zero-order valence-corrected chi connectivity index (χ0v) is 14.1. The summed E-state index contributed by atoms with van der Waals surface area (Å²) in [5.74, 6) is 0. The quantitative estimate of drug-likeness (QED) is 0.874. The molecule has 0 unspecified atom stereocenters. The third-order valence-electron chi connectivity index (χ3n) is 3.14. The van der Waals surface area contributed by atoms with Gasteiger partial charge in [0.05, 0.1) is 24.0 Å². The maximum atomic E-state index is 12.7. The molecular formula is C14H16BrNO4S. The molecule has 5 nitrogen and oxygen atoms in total. The first kappa shape index (κ1) is 16.2. The predicted molar refractivity (Wildman–Crippen MR) is 82.2 cm³/mol. The van der Waals surface area contributed by atoms with Crippen LogP contribution < -0.4 is 0 Å². The van der Waals surface area contributed by atoms with Crippen LogP contribution in [-0.4, -0.2) is 24.9 Å². The summed E-state index contributed by atoms with van der Waals surface area (Å²) < 4.78 is 32.1. The molecule has 21 heavy (non-hydrogen) atoms. The van der Waals surface area contributed by atoms with Gasteiger partial charge in [-0.25, -0.2) is 8.42 Å². The van der Waals surface area contributed by atoms with Gasteiger partial charge in [-0.05, 0) is 46.1 Å². The van der Waals surface area contributed by atoms with Crippen molar-refractivity contribution in [3.63, 3.8) is 0 Å². The molecule has 2 aromatic rings. The largest absolute Gasteiger partial charge is 0.472 e. The third kappa shape index (κ3) is 3.37. The van der Waals surface area contributed by atoms with Crippen LogP contribution >= 0.6 is 15.9 Å². The van der Waals surface area contributed by atoms with Crippen molar-refractivity contribution in [1.29, 1.82) is 0 Å². The van der Waals surface area contributed by atoms with Gasteiger partial charge in [-0.2, -0.15) is 4.31 Å². The number of halogens is 1. The summed E-state index contributed by atoms with van der Waals surface area (Å²) in [7, 11) is -2.16. The van der Waals surface area contributed by atoms with E-state index in [4.69, 9.17) is 4.42 Å². The molecule has 2 rings (SSSR count). The Kier molecular flexibility index (Phi) is 4.88. The first-order valence-electron chi connectivity index (χ1n) is 6.23. The smallest absolute Gasteiger partial charge is 0.244 e. The van der Waals surface area contributed by atoms with Crippen molar-refractivity contribution in [3.8, 4) is 0 Å². The van der Waals surface area contributed by atoms with Gasteiger partial charge in [0.2, 0.25) is 10.0 Å². The zero-order valence-electron chi connectivity index (χ0n) is 11.7. The topological polar surface area (TPSA) is 70.8 Å². The Hall–Kier alpha value is -1.15. The zero-order chi connectivity index (χ0) is 15.6. The number of aryl methyl sites for hydroxylation is 1. The van der Waals surface area contributed by atoms with E-state index >= 15 is 0 Å². The minimum Gasteiger partial charge on any atom is -0.472 e. The summed E-state index contributed by atoms with van der Waals surface area (Å²) >= 11 is 3.32. The fourth-order valence-corrected chi connectivity index (χ4v) is 4.17. The summed E-state index contributed by atoms with van der Waals surface area (Å²) in [6.45, 7) is 1.80. The average molecular weight is 374 g/mol. The van der Waals surface area contributed by atoms with E-state index in [-0.39, 0.29) is 18.0 Å². The number of rotatable bonds is 5. The highest BCUT2D eigenvalue weighted by Crippen LogP contribution is 2.29. The molecule has 0 aliphatic carbocycles. The molecule has 1 N–H and O–H groups in total. The molecular weight excluding hydrogens is 358 g/mol. The molecule has 0 saturated carbocycles. The molecule has 7 heteroatoms. The predicted octanol–water partition coefficient (Wildman–Crippen LogP) is 2.66. The summed E-state index contributed by atoms with van der Waals surface area (Å²) in [6, 6.07) is 4.95. The van der Waals surface area contributed by atoms with Gasteiger partial charge < -0.3 is 9.52 Å². The second-order valence-corrected chi connectivity index (χ2v) is 7.58. The minimum absolute atomic E-state index is 0.151. The number of nitrogens with zero attached hydrogens (tertiary/aromatic N) is 1. The van der Waals surface area contributed by atoms with Gasteiger partial charge in [0, 0.05) is 23.6 Å². The number of benzene rings is 1. The lowest BCUT2D eigenvalue weighted by atomic mass is 10.1. The van der Waals surface area contributed by atoms with Crippen LogP contribution in [0.25, 0.3) is 0 Å². The molecule has 0 aliphatic rings. The van der Waals surface area contributed by atoms with E-state index in [0.29, 0.717) is 10.0 Å². The van der Waals surface area contributed by atoms with Crippen LogP contribution in [0.5, 0.6) is 0 Å². The number of aliphatic hydroxyl groups excluding tert-OH is 1. The van der Waals surface area contributed by atoms with Crippen molar-refractivity contribution in [2.45, 2.75) is 25.0 Å². The molecule has 0 fully saturated rings. The Morgan fingerprint density at radius 2 is 2.05 bits per heavy atom. The Morgan fingerprint density at radius 1 is 1.33 bits per heavy atom. The standard InChI is InChI=1S/C14H16BrNO4S/c1-10-5-12(8-17)6-13(14(10)15)21(18,19)16(2)7-11-3-4-20-9-11/h3-6,9,17H,7-8H2,1-2H3. The molecule has 1 heterocycles. The highest BCUT2D eigenvalue weighted by atomic mass is 79.9. The fourth-order valence-electron chi connectivity index (χ4n) is 1.98. The molecule has 0 spiro atoms.